The van der Waals surface area contributed by atoms with Crippen molar-refractivity contribution in [3.63, 3.8) is 0 Å². The highest BCUT2D eigenvalue weighted by molar-refractivity contribution is 7.18. The number of carbonyl (C=O) groups is 1. The maximum absolute atomic E-state index is 12.8. The molecule has 2 aromatic heterocycles. The Labute approximate surface area is 193 Å². The number of ether oxygens (including phenoxy) is 2. The minimum atomic E-state index is 0.187. The van der Waals surface area contributed by atoms with Crippen LogP contribution in [0.1, 0.15) is 29.6 Å². The number of piperazine rings is 1. The Kier molecular flexibility index (Phi) is 6.79. The quantitative estimate of drug-likeness (QED) is 0.540. The van der Waals surface area contributed by atoms with Gasteiger partial charge in [0.2, 0.25) is 5.91 Å². The van der Waals surface area contributed by atoms with Crippen LogP contribution in [0.4, 0.5) is 5.82 Å². The zero-order chi connectivity index (χ0) is 22.7. The van der Waals surface area contributed by atoms with Gasteiger partial charge in [0, 0.05) is 37.5 Å². The van der Waals surface area contributed by atoms with E-state index in [9.17, 15) is 4.79 Å². The van der Waals surface area contributed by atoms with Crippen LogP contribution < -0.4 is 14.4 Å². The summed E-state index contributed by atoms with van der Waals surface area (Å²) >= 11 is 1.75. The summed E-state index contributed by atoms with van der Waals surface area (Å²) in [6, 6.07) is 8.03. The Balaban J connectivity index is 1.37. The lowest BCUT2D eigenvalue weighted by Gasteiger charge is -2.35. The number of rotatable bonds is 7. The highest BCUT2D eigenvalue weighted by atomic mass is 32.1. The van der Waals surface area contributed by atoms with Crippen LogP contribution >= 0.6 is 11.3 Å². The van der Waals surface area contributed by atoms with Crippen LogP contribution in [-0.4, -0.2) is 61.2 Å². The molecule has 0 radical (unpaired) electrons. The minimum Gasteiger partial charge on any atom is -0.493 e. The smallest absolute Gasteiger partial charge is 0.223 e. The van der Waals surface area contributed by atoms with Crippen LogP contribution in [0.15, 0.2) is 24.3 Å². The van der Waals surface area contributed by atoms with Crippen molar-refractivity contribution in [1.29, 1.82) is 0 Å². The van der Waals surface area contributed by atoms with Crippen molar-refractivity contribution in [2.75, 3.05) is 45.3 Å². The molecule has 7 nitrogen and oxygen atoms in total. The molecule has 1 aliphatic heterocycles. The Hall–Kier alpha value is -2.87. The number of amides is 1. The second kappa shape index (κ2) is 9.73. The van der Waals surface area contributed by atoms with Gasteiger partial charge in [-0.15, -0.1) is 11.3 Å². The van der Waals surface area contributed by atoms with Crippen LogP contribution in [0.2, 0.25) is 0 Å². The van der Waals surface area contributed by atoms with Gasteiger partial charge >= 0.3 is 0 Å². The number of benzene rings is 1. The monoisotopic (exact) mass is 454 g/mol. The summed E-state index contributed by atoms with van der Waals surface area (Å²) in [5.74, 6) is 3.38. The Morgan fingerprint density at radius 1 is 1.06 bits per heavy atom. The van der Waals surface area contributed by atoms with E-state index in [0.717, 1.165) is 46.9 Å². The molecular formula is C24H30N4O3S. The fourth-order valence-electron chi connectivity index (χ4n) is 4.09. The molecule has 1 amide bonds. The summed E-state index contributed by atoms with van der Waals surface area (Å²) in [5, 5.41) is 1.13. The lowest BCUT2D eigenvalue weighted by atomic mass is 10.1. The topological polar surface area (TPSA) is 67.8 Å². The van der Waals surface area contributed by atoms with Gasteiger partial charge in [-0.1, -0.05) is 13.0 Å². The van der Waals surface area contributed by atoms with Crippen LogP contribution in [0.25, 0.3) is 10.2 Å². The van der Waals surface area contributed by atoms with Crippen molar-refractivity contribution in [1.82, 2.24) is 14.9 Å². The van der Waals surface area contributed by atoms with E-state index in [1.54, 1.807) is 25.6 Å². The fraction of sp³-hybridized carbons (Fsp3) is 0.458. The third kappa shape index (κ3) is 4.65. The van der Waals surface area contributed by atoms with Crippen molar-refractivity contribution in [3.8, 4) is 11.5 Å². The van der Waals surface area contributed by atoms with E-state index in [1.807, 2.05) is 30.0 Å². The van der Waals surface area contributed by atoms with Gasteiger partial charge in [0.25, 0.3) is 0 Å². The fourth-order valence-corrected chi connectivity index (χ4v) is 5.10. The molecule has 1 saturated heterocycles. The lowest BCUT2D eigenvalue weighted by molar-refractivity contribution is -0.131. The third-order valence-electron chi connectivity index (χ3n) is 5.89. The molecule has 0 atom stereocenters. The summed E-state index contributed by atoms with van der Waals surface area (Å²) in [4.78, 5) is 28.8. The SMILES string of the molecule is CCc1cc2c(N3CCN(C(=O)CCc4ccc(OC)c(OC)c4)CC3)nc(C)nc2s1. The summed E-state index contributed by atoms with van der Waals surface area (Å²) in [6.45, 7) is 7.09. The van der Waals surface area contributed by atoms with Crippen LogP contribution in [-0.2, 0) is 17.6 Å². The number of methoxy groups -OCH3 is 2. The molecule has 0 aliphatic carbocycles. The molecule has 0 N–H and O–H groups in total. The van der Waals surface area contributed by atoms with Gasteiger partial charge in [-0.3, -0.25) is 4.79 Å². The first-order valence-electron chi connectivity index (χ1n) is 11.0. The Morgan fingerprint density at radius 3 is 2.50 bits per heavy atom. The predicted molar refractivity (Wildman–Crippen MR) is 128 cm³/mol. The average Bonchev–Trinajstić information content (AvgIpc) is 3.25. The summed E-state index contributed by atoms with van der Waals surface area (Å²) in [7, 11) is 3.24. The number of nitrogens with zero attached hydrogens (tertiary/aromatic N) is 4. The van der Waals surface area contributed by atoms with Gasteiger partial charge in [-0.2, -0.15) is 0 Å². The third-order valence-corrected chi connectivity index (χ3v) is 7.06. The number of aromatic nitrogens is 2. The molecule has 32 heavy (non-hydrogen) atoms. The molecule has 0 bridgehead atoms. The number of thiophene rings is 1. The van der Waals surface area contributed by atoms with Crippen LogP contribution in [0.5, 0.6) is 11.5 Å². The van der Waals surface area contributed by atoms with Crippen LogP contribution in [0.3, 0.4) is 0 Å². The van der Waals surface area contributed by atoms with E-state index in [2.05, 4.69) is 22.9 Å². The number of hydrogen-bond acceptors (Lipinski definition) is 7. The summed E-state index contributed by atoms with van der Waals surface area (Å²) in [5.41, 5.74) is 1.07. The number of hydrogen-bond donors (Lipinski definition) is 0. The van der Waals surface area contributed by atoms with Crippen molar-refractivity contribution >= 4 is 33.3 Å². The molecule has 1 fully saturated rings. The Morgan fingerprint density at radius 2 is 1.81 bits per heavy atom. The second-order valence-corrected chi connectivity index (χ2v) is 9.05. The first-order chi connectivity index (χ1) is 15.5. The zero-order valence-corrected chi connectivity index (χ0v) is 20.0. The molecule has 3 heterocycles. The van der Waals surface area contributed by atoms with E-state index in [1.165, 1.54) is 4.88 Å². The first-order valence-corrected chi connectivity index (χ1v) is 11.8. The molecule has 0 spiro atoms. The summed E-state index contributed by atoms with van der Waals surface area (Å²) in [6.07, 6.45) is 2.17. The van der Waals surface area contributed by atoms with Gasteiger partial charge in [-0.05, 0) is 43.5 Å². The lowest BCUT2D eigenvalue weighted by Crippen LogP contribution is -2.49. The molecule has 1 aromatic carbocycles. The Bertz CT molecular complexity index is 1110. The van der Waals surface area contributed by atoms with E-state index in [4.69, 9.17) is 14.5 Å². The maximum Gasteiger partial charge on any atom is 0.223 e. The van der Waals surface area contributed by atoms with Crippen molar-refractivity contribution in [2.45, 2.75) is 33.1 Å². The van der Waals surface area contributed by atoms with Gasteiger partial charge in [-0.25, -0.2) is 9.97 Å². The molecule has 0 unspecified atom stereocenters. The second-order valence-electron chi connectivity index (χ2n) is 7.94. The standard InChI is InChI=1S/C24H30N4O3S/c1-5-18-15-19-23(25-16(2)26-24(19)32-18)28-12-10-27(11-13-28)22(29)9-7-17-6-8-20(30-3)21(14-17)31-4/h6,8,14-15H,5,7,9-13H2,1-4H3. The zero-order valence-electron chi connectivity index (χ0n) is 19.2. The molecule has 4 rings (SSSR count). The molecular weight excluding hydrogens is 424 g/mol. The maximum atomic E-state index is 12.8. The minimum absolute atomic E-state index is 0.187. The highest BCUT2D eigenvalue weighted by Gasteiger charge is 2.24. The highest BCUT2D eigenvalue weighted by Crippen LogP contribution is 2.32. The molecule has 170 valence electrons. The molecule has 3 aromatic rings. The number of aryl methyl sites for hydroxylation is 3. The number of fused-ring (bicyclic) bond motifs is 1. The predicted octanol–water partition coefficient (Wildman–Crippen LogP) is 3.86. The normalized spacial score (nSPS) is 14.1. The first kappa shape index (κ1) is 22.3. The van der Waals surface area contributed by atoms with Gasteiger partial charge in [0.1, 0.15) is 16.5 Å². The molecule has 1 aliphatic rings. The summed E-state index contributed by atoms with van der Waals surface area (Å²) < 4.78 is 10.7. The molecule has 8 heteroatoms. The van der Waals surface area contributed by atoms with Gasteiger partial charge in [0.15, 0.2) is 11.5 Å². The number of carbonyl (C=O) groups excluding carboxylic acids is 1. The van der Waals surface area contributed by atoms with Crippen LogP contribution in [0, 0.1) is 6.92 Å². The van der Waals surface area contributed by atoms with E-state index in [0.29, 0.717) is 37.4 Å². The average molecular weight is 455 g/mol. The van der Waals surface area contributed by atoms with Crippen molar-refractivity contribution < 1.29 is 14.3 Å². The number of anilines is 1. The largest absolute Gasteiger partial charge is 0.493 e. The van der Waals surface area contributed by atoms with E-state index >= 15 is 0 Å². The van der Waals surface area contributed by atoms with Crippen molar-refractivity contribution in [2.24, 2.45) is 0 Å². The molecule has 0 saturated carbocycles. The van der Waals surface area contributed by atoms with E-state index < -0.39 is 0 Å². The van der Waals surface area contributed by atoms with Crippen molar-refractivity contribution in [3.05, 3.63) is 40.5 Å². The van der Waals surface area contributed by atoms with E-state index in [-0.39, 0.29) is 5.91 Å². The van der Waals surface area contributed by atoms with Gasteiger partial charge in [0.05, 0.1) is 19.6 Å². The van der Waals surface area contributed by atoms with Gasteiger partial charge < -0.3 is 19.3 Å².